The first kappa shape index (κ1) is 36.4. The van der Waals surface area contributed by atoms with Crippen molar-refractivity contribution in [2.75, 3.05) is 0 Å². The Morgan fingerprint density at radius 2 is 1.11 bits per heavy atom. The highest BCUT2D eigenvalue weighted by Gasteiger charge is 2.19. The zero-order valence-corrected chi connectivity index (χ0v) is 34.0. The van der Waals surface area contributed by atoms with Crippen LogP contribution in [0.4, 0.5) is 0 Å². The predicted molar refractivity (Wildman–Crippen MR) is 259 cm³/mol. The Labute approximate surface area is 362 Å². The number of amidine groups is 1. The van der Waals surface area contributed by atoms with E-state index in [4.69, 9.17) is 19.2 Å². The number of nitrogens with zero attached hydrogens (tertiary/aromatic N) is 2. The molecule has 0 aliphatic rings. The predicted octanol–water partition coefficient (Wildman–Crippen LogP) is 14.6. The third-order valence-electron chi connectivity index (χ3n) is 12.2. The van der Waals surface area contributed by atoms with E-state index in [-0.39, 0.29) is 5.84 Å². The fourth-order valence-corrected chi connectivity index (χ4v) is 9.10. The second-order valence-corrected chi connectivity index (χ2v) is 16.0. The largest absolute Gasteiger partial charge is 0.456 e. The molecule has 6 nitrogen and oxygen atoms in total. The summed E-state index contributed by atoms with van der Waals surface area (Å²) in [5.41, 5.74) is 13.8. The van der Waals surface area contributed by atoms with E-state index >= 15 is 0 Å². The molecule has 63 heavy (non-hydrogen) atoms. The topological polar surface area (TPSA) is 79.5 Å². The number of hydrogen-bond donors (Lipinski definition) is 2. The number of hydrogen-bond acceptors (Lipinski definition) is 4. The lowest BCUT2D eigenvalue weighted by molar-refractivity contribution is 0.658. The fourth-order valence-electron chi connectivity index (χ4n) is 9.10. The summed E-state index contributed by atoms with van der Waals surface area (Å²) in [6.07, 6.45) is 1.32. The van der Waals surface area contributed by atoms with Gasteiger partial charge in [0.1, 0.15) is 34.3 Å². The van der Waals surface area contributed by atoms with Gasteiger partial charge in [0.25, 0.3) is 0 Å². The minimum absolute atomic E-state index is 0.276. The van der Waals surface area contributed by atoms with Gasteiger partial charge in [-0.25, -0.2) is 0 Å². The molecule has 3 heterocycles. The van der Waals surface area contributed by atoms with Crippen LogP contribution in [0.15, 0.2) is 220 Å². The van der Waals surface area contributed by atoms with Crippen LogP contribution in [-0.2, 0) is 0 Å². The summed E-state index contributed by atoms with van der Waals surface area (Å²) in [4.78, 5) is 5.17. The molecule has 0 fully saturated rings. The lowest BCUT2D eigenvalue weighted by Crippen LogP contribution is -2.27. The van der Waals surface area contributed by atoms with E-state index in [1.165, 1.54) is 33.0 Å². The van der Waals surface area contributed by atoms with E-state index < -0.39 is 6.17 Å². The summed E-state index contributed by atoms with van der Waals surface area (Å²) < 4.78 is 15.1. The van der Waals surface area contributed by atoms with Gasteiger partial charge in [0.15, 0.2) is 0 Å². The van der Waals surface area contributed by atoms with Crippen LogP contribution < -0.4 is 5.32 Å². The molecule has 2 N–H and O–H groups in total. The smallest absolute Gasteiger partial charge is 0.145 e. The highest BCUT2D eigenvalue weighted by Crippen LogP contribution is 2.39. The Bertz CT molecular complexity index is 3730. The molecule has 0 amide bonds. The zero-order chi connectivity index (χ0) is 41.9. The van der Waals surface area contributed by atoms with Gasteiger partial charge < -0.3 is 18.7 Å². The van der Waals surface area contributed by atoms with Gasteiger partial charge in [-0.05, 0) is 76.9 Å². The van der Waals surface area contributed by atoms with Gasteiger partial charge in [0.2, 0.25) is 0 Å². The summed E-state index contributed by atoms with van der Waals surface area (Å²) in [7, 11) is 0. The Morgan fingerprint density at radius 1 is 0.476 bits per heavy atom. The second kappa shape index (κ2) is 14.9. The molecule has 12 aromatic rings. The summed E-state index contributed by atoms with van der Waals surface area (Å²) in [5.74, 6) is 0.276. The number of aliphatic imine (C=N–C) groups is 1. The summed E-state index contributed by atoms with van der Waals surface area (Å²) in [5, 5.41) is 18.9. The molecule has 12 rings (SSSR count). The third-order valence-corrected chi connectivity index (χ3v) is 12.2. The van der Waals surface area contributed by atoms with Gasteiger partial charge in [-0.3, -0.25) is 10.4 Å². The number of para-hydroxylation sites is 2. The van der Waals surface area contributed by atoms with E-state index in [9.17, 15) is 0 Å². The first-order chi connectivity index (χ1) is 31.1. The molecule has 0 saturated heterocycles. The van der Waals surface area contributed by atoms with Crippen LogP contribution in [0.3, 0.4) is 0 Å². The minimum Gasteiger partial charge on any atom is -0.456 e. The number of fused-ring (bicyclic) bond motifs is 9. The van der Waals surface area contributed by atoms with Gasteiger partial charge in [-0.2, -0.15) is 0 Å². The van der Waals surface area contributed by atoms with Crippen molar-refractivity contribution < 1.29 is 8.83 Å². The van der Waals surface area contributed by atoms with Gasteiger partial charge in [0.05, 0.1) is 11.0 Å². The van der Waals surface area contributed by atoms with Crippen LogP contribution in [0.25, 0.3) is 93.6 Å². The van der Waals surface area contributed by atoms with Crippen molar-refractivity contribution in [2.24, 2.45) is 4.99 Å². The molecule has 298 valence electrons. The van der Waals surface area contributed by atoms with Crippen LogP contribution in [0.2, 0.25) is 0 Å². The van der Waals surface area contributed by atoms with E-state index in [0.717, 1.165) is 77.3 Å². The number of aromatic nitrogens is 1. The third kappa shape index (κ3) is 6.35. The zero-order valence-electron chi connectivity index (χ0n) is 34.0. The van der Waals surface area contributed by atoms with E-state index in [2.05, 4.69) is 143 Å². The maximum atomic E-state index is 9.03. The molecular weight excluding hydrogens is 773 g/mol. The van der Waals surface area contributed by atoms with E-state index in [0.29, 0.717) is 0 Å². The standard InChI is InChI=1S/C57H38N4O2/c58-56(39-14-5-2-6-15-39)60-57(41-26-29-46-45-18-8-10-20-51(45)63-54(46)33-41)59-35-42-16-11-21-53-55(42)48-34-43(28-31-52(48)62-53)61-49-19-9-7-17-44(49)47-32-40(27-30-50(47)61)38-24-22-37(23-25-38)36-12-3-1-4-13-36/h1-35,57H,(H2,58,60)/b59-35+. The van der Waals surface area contributed by atoms with Crippen molar-refractivity contribution in [2.45, 2.75) is 6.17 Å². The first-order valence-corrected chi connectivity index (χ1v) is 21.1. The molecule has 0 bridgehead atoms. The molecule has 0 radical (unpaired) electrons. The Kier molecular flexibility index (Phi) is 8.61. The quantitative estimate of drug-likeness (QED) is 0.118. The Morgan fingerprint density at radius 3 is 1.95 bits per heavy atom. The summed E-state index contributed by atoms with van der Waals surface area (Å²) in [6, 6.07) is 71.2. The minimum atomic E-state index is -0.580. The van der Waals surface area contributed by atoms with Crippen molar-refractivity contribution in [3.8, 4) is 27.9 Å². The van der Waals surface area contributed by atoms with Gasteiger partial charge in [0, 0.05) is 60.9 Å². The molecule has 1 unspecified atom stereocenters. The van der Waals surface area contributed by atoms with Crippen molar-refractivity contribution in [3.05, 3.63) is 223 Å². The molecule has 1 atom stereocenters. The van der Waals surface area contributed by atoms with Crippen LogP contribution >= 0.6 is 0 Å². The van der Waals surface area contributed by atoms with Crippen molar-refractivity contribution in [1.82, 2.24) is 9.88 Å². The monoisotopic (exact) mass is 810 g/mol. The maximum Gasteiger partial charge on any atom is 0.145 e. The maximum absolute atomic E-state index is 9.03. The van der Waals surface area contributed by atoms with Crippen molar-refractivity contribution in [3.63, 3.8) is 0 Å². The molecule has 0 aliphatic carbocycles. The van der Waals surface area contributed by atoms with Gasteiger partial charge >= 0.3 is 0 Å². The molecule has 0 aliphatic heterocycles. The lowest BCUT2D eigenvalue weighted by atomic mass is 9.99. The molecular formula is C57H38N4O2. The Hall–Kier alpha value is -8.48. The van der Waals surface area contributed by atoms with E-state index in [1.54, 1.807) is 0 Å². The number of rotatable bonds is 8. The summed E-state index contributed by atoms with van der Waals surface area (Å²) >= 11 is 0. The van der Waals surface area contributed by atoms with Gasteiger partial charge in [-0.15, -0.1) is 0 Å². The average molecular weight is 811 g/mol. The summed E-state index contributed by atoms with van der Waals surface area (Å²) in [6.45, 7) is 0. The normalized spacial score (nSPS) is 12.4. The fraction of sp³-hybridized carbons (Fsp3) is 0.0175. The highest BCUT2D eigenvalue weighted by molar-refractivity contribution is 6.15. The highest BCUT2D eigenvalue weighted by atomic mass is 16.3. The van der Waals surface area contributed by atoms with E-state index in [1.807, 2.05) is 79.0 Å². The number of benzene rings is 9. The SMILES string of the molecule is N=C(NC(/N=C/c1cccc2oc3ccc(-n4c5ccccc5c5cc(-c6ccc(-c7ccccc7)cc6)ccc54)cc3c12)c1ccc2c(c1)oc1ccccc12)c1ccccc1. The van der Waals surface area contributed by atoms with Gasteiger partial charge in [-0.1, -0.05) is 152 Å². The second-order valence-electron chi connectivity index (χ2n) is 16.0. The lowest BCUT2D eigenvalue weighted by Gasteiger charge is -2.17. The van der Waals surface area contributed by atoms with Crippen molar-refractivity contribution >= 4 is 77.7 Å². The first-order valence-electron chi connectivity index (χ1n) is 21.1. The molecule has 6 heteroatoms. The van der Waals surface area contributed by atoms with Crippen LogP contribution in [0.5, 0.6) is 0 Å². The Balaban J connectivity index is 0.944. The molecule has 0 saturated carbocycles. The molecule has 3 aromatic heterocycles. The van der Waals surface area contributed by atoms with Crippen LogP contribution in [-0.4, -0.2) is 16.6 Å². The average Bonchev–Trinajstić information content (AvgIpc) is 4.02. The van der Waals surface area contributed by atoms with Crippen LogP contribution in [0, 0.1) is 5.41 Å². The van der Waals surface area contributed by atoms with Crippen molar-refractivity contribution in [1.29, 1.82) is 5.41 Å². The number of furan rings is 2. The van der Waals surface area contributed by atoms with Crippen LogP contribution in [0.1, 0.15) is 22.9 Å². The number of nitrogens with one attached hydrogen (secondary N) is 2. The molecule has 0 spiro atoms. The molecule has 9 aromatic carbocycles.